The minimum absolute atomic E-state index is 0.373. The van der Waals surface area contributed by atoms with Crippen molar-refractivity contribution >= 4 is 11.5 Å². The molecule has 2 aromatic rings. The Hall–Kier alpha value is -2.27. The maximum atomic E-state index is 5.48. The molecule has 3 rings (SSSR count). The number of nitrogens with zero attached hydrogens (tertiary/aromatic N) is 3. The summed E-state index contributed by atoms with van der Waals surface area (Å²) in [6.45, 7) is 7.41. The molecule has 1 N–H and O–H groups in total. The molecule has 0 aliphatic carbocycles. The molecule has 0 amide bonds. The second-order valence-electron chi connectivity index (χ2n) is 6.22. The van der Waals surface area contributed by atoms with Gasteiger partial charge in [0.1, 0.15) is 11.6 Å². The van der Waals surface area contributed by atoms with Crippen LogP contribution in [0.3, 0.4) is 0 Å². The van der Waals surface area contributed by atoms with E-state index in [1.165, 1.54) is 5.69 Å². The maximum Gasteiger partial charge on any atom is 0.142 e. The molecule has 1 fully saturated rings. The summed E-state index contributed by atoms with van der Waals surface area (Å²) in [5.74, 6) is 1.90. The second-order valence-corrected chi connectivity index (χ2v) is 6.22. The van der Waals surface area contributed by atoms with Gasteiger partial charge in [-0.15, -0.1) is 0 Å². The fraction of sp³-hybridized carbons (Fsp3) is 0.421. The summed E-state index contributed by atoms with van der Waals surface area (Å²) in [7, 11) is 1.74. The van der Waals surface area contributed by atoms with Gasteiger partial charge in [-0.3, -0.25) is 4.90 Å². The topological polar surface area (TPSA) is 40.6 Å². The van der Waals surface area contributed by atoms with Crippen molar-refractivity contribution in [2.24, 2.45) is 0 Å². The molecular weight excluding hydrogens is 300 g/mol. The van der Waals surface area contributed by atoms with Crippen molar-refractivity contribution in [3.63, 3.8) is 0 Å². The lowest BCUT2D eigenvalue weighted by atomic mass is 10.2. The van der Waals surface area contributed by atoms with E-state index in [-0.39, 0.29) is 0 Å². The zero-order valence-corrected chi connectivity index (χ0v) is 14.5. The summed E-state index contributed by atoms with van der Waals surface area (Å²) in [5, 5.41) is 3.46. The van der Waals surface area contributed by atoms with E-state index in [4.69, 9.17) is 4.74 Å². The summed E-state index contributed by atoms with van der Waals surface area (Å²) in [6, 6.07) is 14.6. The Morgan fingerprint density at radius 1 is 1.08 bits per heavy atom. The zero-order chi connectivity index (χ0) is 16.8. The highest BCUT2D eigenvalue weighted by molar-refractivity contribution is 5.58. The van der Waals surface area contributed by atoms with Gasteiger partial charge >= 0.3 is 0 Å². The van der Waals surface area contributed by atoms with Crippen LogP contribution in [-0.2, 0) is 0 Å². The number of pyridine rings is 1. The van der Waals surface area contributed by atoms with Crippen LogP contribution in [0, 0.1) is 0 Å². The molecule has 0 saturated carbocycles. The number of hydrogen-bond acceptors (Lipinski definition) is 5. The van der Waals surface area contributed by atoms with Crippen molar-refractivity contribution in [2.45, 2.75) is 13.0 Å². The number of hydrogen-bond donors (Lipinski definition) is 1. The monoisotopic (exact) mass is 326 g/mol. The number of anilines is 2. The van der Waals surface area contributed by atoms with E-state index in [0.717, 1.165) is 44.3 Å². The van der Waals surface area contributed by atoms with Crippen molar-refractivity contribution in [1.29, 1.82) is 0 Å². The Kier molecular flexibility index (Phi) is 5.54. The summed E-state index contributed by atoms with van der Waals surface area (Å²) >= 11 is 0. The maximum absolute atomic E-state index is 5.48. The number of aromatic nitrogens is 1. The van der Waals surface area contributed by atoms with Gasteiger partial charge in [0, 0.05) is 45.0 Å². The van der Waals surface area contributed by atoms with Crippen molar-refractivity contribution < 1.29 is 4.74 Å². The van der Waals surface area contributed by atoms with Crippen molar-refractivity contribution in [2.75, 3.05) is 50.1 Å². The van der Waals surface area contributed by atoms with Crippen LogP contribution in [0.15, 0.2) is 48.7 Å². The lowest BCUT2D eigenvalue weighted by Crippen LogP contribution is -2.49. The Balaban J connectivity index is 1.50. The summed E-state index contributed by atoms with van der Waals surface area (Å²) < 4.78 is 5.48. The molecule has 0 spiro atoms. The van der Waals surface area contributed by atoms with E-state index in [1.807, 2.05) is 36.5 Å². The van der Waals surface area contributed by atoms with Crippen LogP contribution < -0.4 is 15.0 Å². The zero-order valence-electron chi connectivity index (χ0n) is 14.5. The molecule has 1 aromatic carbocycles. The number of para-hydroxylation sites is 2. The number of nitrogens with one attached hydrogen (secondary N) is 1. The number of piperazine rings is 1. The first-order valence-electron chi connectivity index (χ1n) is 8.54. The van der Waals surface area contributed by atoms with E-state index in [1.54, 1.807) is 7.11 Å². The Bertz CT molecular complexity index is 626. The van der Waals surface area contributed by atoms with Gasteiger partial charge in [-0.25, -0.2) is 4.98 Å². The van der Waals surface area contributed by atoms with Gasteiger partial charge < -0.3 is 15.0 Å². The van der Waals surface area contributed by atoms with E-state index in [2.05, 4.69) is 39.2 Å². The number of methoxy groups -OCH3 is 1. The molecule has 1 atom stereocenters. The normalized spacial score (nSPS) is 16.7. The summed E-state index contributed by atoms with van der Waals surface area (Å²) in [6.07, 6.45) is 1.82. The Labute approximate surface area is 144 Å². The molecule has 5 nitrogen and oxygen atoms in total. The van der Waals surface area contributed by atoms with Gasteiger partial charge in [-0.05, 0) is 31.2 Å². The number of ether oxygens (including phenoxy) is 1. The average Bonchev–Trinajstić information content (AvgIpc) is 2.63. The molecule has 24 heavy (non-hydrogen) atoms. The highest BCUT2D eigenvalue weighted by Gasteiger charge is 2.20. The molecule has 0 bridgehead atoms. The van der Waals surface area contributed by atoms with Crippen LogP contribution in [0.25, 0.3) is 0 Å². The van der Waals surface area contributed by atoms with Gasteiger partial charge in [0.05, 0.1) is 12.8 Å². The van der Waals surface area contributed by atoms with Gasteiger partial charge in [-0.2, -0.15) is 0 Å². The fourth-order valence-corrected chi connectivity index (χ4v) is 3.20. The summed E-state index contributed by atoms with van der Waals surface area (Å²) in [5.41, 5.74) is 1.19. The SMILES string of the molecule is COc1ccccc1N1CCN(C[C@H](C)Nc2ccccn2)CC1. The third kappa shape index (κ3) is 4.17. The molecule has 128 valence electrons. The van der Waals surface area contributed by atoms with E-state index >= 15 is 0 Å². The molecule has 5 heteroatoms. The van der Waals surface area contributed by atoms with Gasteiger partial charge in [-0.1, -0.05) is 18.2 Å². The fourth-order valence-electron chi connectivity index (χ4n) is 3.20. The van der Waals surface area contributed by atoms with E-state index < -0.39 is 0 Å². The first-order valence-corrected chi connectivity index (χ1v) is 8.54. The van der Waals surface area contributed by atoms with Crippen LogP contribution in [-0.4, -0.2) is 55.8 Å². The molecule has 1 saturated heterocycles. The van der Waals surface area contributed by atoms with E-state index in [9.17, 15) is 0 Å². The predicted molar refractivity (Wildman–Crippen MR) is 99.0 cm³/mol. The van der Waals surface area contributed by atoms with Crippen LogP contribution in [0.5, 0.6) is 5.75 Å². The number of rotatable bonds is 6. The Morgan fingerprint density at radius 2 is 1.83 bits per heavy atom. The quantitative estimate of drug-likeness (QED) is 0.884. The van der Waals surface area contributed by atoms with Gasteiger partial charge in [0.25, 0.3) is 0 Å². The van der Waals surface area contributed by atoms with Crippen molar-refractivity contribution in [3.05, 3.63) is 48.7 Å². The third-order valence-corrected chi connectivity index (χ3v) is 4.39. The van der Waals surface area contributed by atoms with Crippen molar-refractivity contribution in [1.82, 2.24) is 9.88 Å². The molecule has 1 aromatic heterocycles. The smallest absolute Gasteiger partial charge is 0.142 e. The van der Waals surface area contributed by atoms with Crippen LogP contribution in [0.2, 0.25) is 0 Å². The minimum atomic E-state index is 0.373. The molecule has 0 unspecified atom stereocenters. The summed E-state index contributed by atoms with van der Waals surface area (Å²) in [4.78, 5) is 9.25. The van der Waals surface area contributed by atoms with E-state index in [0.29, 0.717) is 6.04 Å². The lowest BCUT2D eigenvalue weighted by Gasteiger charge is -2.37. The Morgan fingerprint density at radius 3 is 2.54 bits per heavy atom. The highest BCUT2D eigenvalue weighted by atomic mass is 16.5. The van der Waals surface area contributed by atoms with Gasteiger partial charge in [0.2, 0.25) is 0 Å². The molecule has 1 aliphatic rings. The first kappa shape index (κ1) is 16.6. The van der Waals surface area contributed by atoms with Crippen molar-refractivity contribution in [3.8, 4) is 5.75 Å². The standard InChI is InChI=1S/C19H26N4O/c1-16(21-19-9-5-6-10-20-19)15-22-11-13-23(14-12-22)17-7-3-4-8-18(17)24-2/h3-10,16H,11-15H2,1-2H3,(H,20,21)/t16-/m0/s1. The van der Waals surface area contributed by atoms with Crippen LogP contribution in [0.4, 0.5) is 11.5 Å². The minimum Gasteiger partial charge on any atom is -0.495 e. The third-order valence-electron chi connectivity index (χ3n) is 4.39. The molecule has 2 heterocycles. The molecule has 1 aliphatic heterocycles. The van der Waals surface area contributed by atoms with Gasteiger partial charge in [0.15, 0.2) is 0 Å². The van der Waals surface area contributed by atoms with Crippen LogP contribution >= 0.6 is 0 Å². The predicted octanol–water partition coefficient (Wildman–Crippen LogP) is 2.71. The van der Waals surface area contributed by atoms with Crippen LogP contribution in [0.1, 0.15) is 6.92 Å². The molecule has 0 radical (unpaired) electrons. The highest BCUT2D eigenvalue weighted by Crippen LogP contribution is 2.28. The second kappa shape index (κ2) is 8.02. The lowest BCUT2D eigenvalue weighted by molar-refractivity contribution is 0.250. The number of benzene rings is 1. The average molecular weight is 326 g/mol. The first-order chi connectivity index (χ1) is 11.8. The largest absolute Gasteiger partial charge is 0.495 e. The molecular formula is C19H26N4O.